The molecule has 0 heterocycles. The highest BCUT2D eigenvalue weighted by molar-refractivity contribution is 7.89. The van der Waals surface area contributed by atoms with Gasteiger partial charge in [-0.05, 0) is 61.9 Å². The fourth-order valence-electron chi connectivity index (χ4n) is 3.41. The van der Waals surface area contributed by atoms with E-state index in [2.05, 4.69) is 10.0 Å². The summed E-state index contributed by atoms with van der Waals surface area (Å²) in [5, 5.41) is 2.27. The van der Waals surface area contributed by atoms with Gasteiger partial charge in [0.2, 0.25) is 10.0 Å². The number of nitrogens with one attached hydrogen (secondary N) is 2. The molecule has 204 valence electrons. The lowest BCUT2D eigenvalue weighted by Crippen LogP contribution is -2.37. The van der Waals surface area contributed by atoms with E-state index in [1.54, 1.807) is 19.1 Å². The minimum absolute atomic E-state index is 0.0140. The van der Waals surface area contributed by atoms with Crippen LogP contribution in [0.2, 0.25) is 0 Å². The number of anilines is 2. The van der Waals surface area contributed by atoms with Crippen LogP contribution in [-0.4, -0.2) is 27.5 Å². The fourth-order valence-corrected chi connectivity index (χ4v) is 4.48. The van der Waals surface area contributed by atoms with Crippen LogP contribution in [0.4, 0.5) is 42.5 Å². The highest BCUT2D eigenvalue weighted by atomic mass is 32.2. The molecule has 38 heavy (non-hydrogen) atoms. The maximum Gasteiger partial charge on any atom is 0.416 e. The van der Waals surface area contributed by atoms with Crippen LogP contribution >= 0.6 is 0 Å². The number of hydrogen-bond acceptors (Lipinski definition) is 3. The molecule has 0 bridgehead atoms. The van der Waals surface area contributed by atoms with Gasteiger partial charge in [-0.1, -0.05) is 29.8 Å². The molecule has 0 fully saturated rings. The largest absolute Gasteiger partial charge is 0.416 e. The maximum absolute atomic E-state index is 13.3. The third-order valence-electron chi connectivity index (χ3n) is 5.35. The number of carbonyl (C=O) groups is 1. The van der Waals surface area contributed by atoms with E-state index >= 15 is 0 Å². The van der Waals surface area contributed by atoms with Crippen molar-refractivity contribution in [3.63, 3.8) is 0 Å². The van der Waals surface area contributed by atoms with E-state index in [9.17, 15) is 39.6 Å². The van der Waals surface area contributed by atoms with Crippen molar-refractivity contribution in [3.05, 3.63) is 89.5 Å². The van der Waals surface area contributed by atoms with E-state index in [0.29, 0.717) is 6.07 Å². The van der Waals surface area contributed by atoms with E-state index in [1.807, 2.05) is 0 Å². The van der Waals surface area contributed by atoms with Gasteiger partial charge in [0.1, 0.15) is 0 Å². The molecule has 0 saturated heterocycles. The van der Waals surface area contributed by atoms with Crippen molar-refractivity contribution < 1.29 is 39.6 Å². The Labute approximate surface area is 215 Å². The molecule has 3 aromatic carbocycles. The summed E-state index contributed by atoms with van der Waals surface area (Å²) in [5.74, 6) is 0. The molecule has 0 aromatic heterocycles. The first kappa shape index (κ1) is 29.0. The van der Waals surface area contributed by atoms with Crippen LogP contribution in [-0.2, 0) is 22.4 Å². The summed E-state index contributed by atoms with van der Waals surface area (Å²) in [7, 11) is -3.88. The SMILES string of the molecule is Cc1ccc(S(=O)(=O)NCCCN(C(=O)Nc2cccc(C(F)(F)F)c2)c2cccc(C(F)(F)F)c2)cc1. The Kier molecular flexibility index (Phi) is 8.72. The standard InChI is InChI=1S/C25H23F6N3O3S/c1-17-9-11-22(12-10-17)38(36,37)32-13-4-14-34(21-8-3-6-19(16-21)25(29,30)31)23(35)33-20-7-2-5-18(15-20)24(26,27)28/h2-3,5-12,15-16,32H,4,13-14H2,1H3,(H,33,35). The molecule has 0 radical (unpaired) electrons. The summed E-state index contributed by atoms with van der Waals surface area (Å²) in [6.07, 6.45) is -9.39. The number of carbonyl (C=O) groups excluding carboxylic acids is 1. The number of amides is 2. The third kappa shape index (κ3) is 7.71. The number of rotatable bonds is 8. The Hall–Kier alpha value is -3.58. The second-order valence-electron chi connectivity index (χ2n) is 8.27. The van der Waals surface area contributed by atoms with Crippen LogP contribution in [0.5, 0.6) is 0 Å². The number of urea groups is 1. The summed E-state index contributed by atoms with van der Waals surface area (Å²) < 4.78 is 106. The molecule has 6 nitrogen and oxygen atoms in total. The van der Waals surface area contributed by atoms with E-state index < -0.39 is 39.5 Å². The highest BCUT2D eigenvalue weighted by Gasteiger charge is 2.32. The van der Waals surface area contributed by atoms with Crippen molar-refractivity contribution in [3.8, 4) is 0 Å². The number of alkyl halides is 6. The van der Waals surface area contributed by atoms with Gasteiger partial charge in [0.25, 0.3) is 0 Å². The topological polar surface area (TPSA) is 78.5 Å². The van der Waals surface area contributed by atoms with Crippen LogP contribution in [0.1, 0.15) is 23.1 Å². The van der Waals surface area contributed by atoms with Crippen molar-refractivity contribution in [2.45, 2.75) is 30.6 Å². The smallest absolute Gasteiger partial charge is 0.308 e. The maximum atomic E-state index is 13.3. The first-order chi connectivity index (χ1) is 17.7. The van der Waals surface area contributed by atoms with E-state index in [1.165, 1.54) is 24.3 Å². The first-order valence-electron chi connectivity index (χ1n) is 11.2. The molecule has 2 N–H and O–H groups in total. The molecule has 0 unspecified atom stereocenters. The molecule has 3 rings (SSSR count). The second kappa shape index (κ2) is 11.4. The Balaban J connectivity index is 1.79. The lowest BCUT2D eigenvalue weighted by atomic mass is 10.1. The number of hydrogen-bond donors (Lipinski definition) is 2. The lowest BCUT2D eigenvalue weighted by molar-refractivity contribution is -0.138. The van der Waals surface area contributed by atoms with Crippen LogP contribution in [0, 0.1) is 6.92 Å². The number of sulfonamides is 1. The fraction of sp³-hybridized carbons (Fsp3) is 0.240. The van der Waals surface area contributed by atoms with Gasteiger partial charge < -0.3 is 5.32 Å². The molecule has 3 aromatic rings. The molecule has 0 saturated carbocycles. The average molecular weight is 560 g/mol. The molecule has 0 atom stereocenters. The van der Waals surface area contributed by atoms with E-state index in [0.717, 1.165) is 40.8 Å². The summed E-state index contributed by atoms with van der Waals surface area (Å²) in [6, 6.07) is 12.7. The van der Waals surface area contributed by atoms with Gasteiger partial charge in [0.15, 0.2) is 0 Å². The molecule has 0 aliphatic heterocycles. The molecule has 0 aliphatic carbocycles. The van der Waals surface area contributed by atoms with Crippen LogP contribution in [0.25, 0.3) is 0 Å². The average Bonchev–Trinajstić information content (AvgIpc) is 2.83. The molecule has 0 spiro atoms. The van der Waals surface area contributed by atoms with Crippen LogP contribution < -0.4 is 14.9 Å². The predicted octanol–water partition coefficient (Wildman–Crippen LogP) is 6.44. The zero-order valence-corrected chi connectivity index (χ0v) is 20.7. The Bertz CT molecular complexity index is 1370. The Morgan fingerprint density at radius 3 is 2.03 bits per heavy atom. The van der Waals surface area contributed by atoms with Crippen molar-refractivity contribution in [1.29, 1.82) is 0 Å². The van der Waals surface area contributed by atoms with Gasteiger partial charge in [-0.25, -0.2) is 17.9 Å². The molecule has 2 amide bonds. The van der Waals surface area contributed by atoms with Gasteiger partial charge in [0, 0.05) is 24.5 Å². The first-order valence-corrected chi connectivity index (χ1v) is 12.6. The van der Waals surface area contributed by atoms with Gasteiger partial charge in [-0.15, -0.1) is 0 Å². The lowest BCUT2D eigenvalue weighted by Gasteiger charge is -2.24. The quantitative estimate of drug-likeness (QED) is 0.246. The Morgan fingerprint density at radius 1 is 0.842 bits per heavy atom. The molecular formula is C25H23F6N3O3S. The summed E-state index contributed by atoms with van der Waals surface area (Å²) in [4.78, 5) is 13.9. The summed E-state index contributed by atoms with van der Waals surface area (Å²) in [5.41, 5.74) is -1.60. The minimum Gasteiger partial charge on any atom is -0.308 e. The predicted molar refractivity (Wildman–Crippen MR) is 130 cm³/mol. The second-order valence-corrected chi connectivity index (χ2v) is 10.0. The van der Waals surface area contributed by atoms with Crippen molar-refractivity contribution in [2.75, 3.05) is 23.3 Å². The highest BCUT2D eigenvalue weighted by Crippen LogP contribution is 2.33. The van der Waals surface area contributed by atoms with Crippen molar-refractivity contribution in [2.24, 2.45) is 0 Å². The number of benzene rings is 3. The van der Waals surface area contributed by atoms with Crippen molar-refractivity contribution >= 4 is 27.4 Å². The van der Waals surface area contributed by atoms with Crippen LogP contribution in [0.3, 0.4) is 0 Å². The van der Waals surface area contributed by atoms with Gasteiger partial charge in [-0.3, -0.25) is 4.90 Å². The normalized spacial score (nSPS) is 12.3. The third-order valence-corrected chi connectivity index (χ3v) is 6.83. The summed E-state index contributed by atoms with van der Waals surface area (Å²) in [6.45, 7) is 1.38. The van der Waals surface area contributed by atoms with Crippen LogP contribution in [0.15, 0.2) is 77.7 Å². The van der Waals surface area contributed by atoms with Gasteiger partial charge in [-0.2, -0.15) is 26.3 Å². The van der Waals surface area contributed by atoms with Crippen molar-refractivity contribution in [1.82, 2.24) is 4.72 Å². The van der Waals surface area contributed by atoms with Gasteiger partial charge >= 0.3 is 18.4 Å². The van der Waals surface area contributed by atoms with Gasteiger partial charge in [0.05, 0.1) is 16.0 Å². The van der Waals surface area contributed by atoms with E-state index in [-0.39, 0.29) is 35.8 Å². The molecule has 0 aliphatic rings. The number of halogens is 6. The minimum atomic E-state index is -4.71. The Morgan fingerprint density at radius 2 is 1.42 bits per heavy atom. The molecule has 13 heteroatoms. The number of nitrogens with zero attached hydrogens (tertiary/aromatic N) is 1. The molecular weight excluding hydrogens is 536 g/mol. The van der Waals surface area contributed by atoms with E-state index in [4.69, 9.17) is 0 Å². The monoisotopic (exact) mass is 559 g/mol. The zero-order chi connectivity index (χ0) is 28.1. The number of aryl methyl sites for hydroxylation is 1. The zero-order valence-electron chi connectivity index (χ0n) is 19.9. The summed E-state index contributed by atoms with van der Waals surface area (Å²) >= 11 is 0.